The minimum absolute atomic E-state index is 0.213. The summed E-state index contributed by atoms with van der Waals surface area (Å²) in [5.41, 5.74) is 1.21. The molecule has 0 heterocycles. The average Bonchev–Trinajstić information content (AvgIpc) is 2.61. The fourth-order valence-electron chi connectivity index (χ4n) is 2.97. The fraction of sp³-hybridized carbons (Fsp3) is 0.0476. The highest BCUT2D eigenvalue weighted by Crippen LogP contribution is 2.46. The highest BCUT2D eigenvalue weighted by molar-refractivity contribution is 7.99. The number of hydrogen-bond acceptors (Lipinski definition) is 3. The molecule has 4 aromatic rings. The molecule has 3 heteroatoms. The van der Waals surface area contributed by atoms with Gasteiger partial charge in [-0.1, -0.05) is 65.9 Å². The molecule has 4 rings (SSSR count). The third kappa shape index (κ3) is 2.38. The van der Waals surface area contributed by atoms with Crippen LogP contribution in [-0.2, 0) is 0 Å². The molecular formula is C21H16O2S. The second-order valence-corrected chi connectivity index (χ2v) is 6.95. The largest absolute Gasteiger partial charge is 0.507 e. The lowest BCUT2D eigenvalue weighted by Crippen LogP contribution is -1.84. The van der Waals surface area contributed by atoms with Crippen molar-refractivity contribution in [3.05, 3.63) is 72.3 Å². The third-order valence-corrected chi connectivity index (χ3v) is 5.27. The summed E-state index contributed by atoms with van der Waals surface area (Å²) >= 11 is 1.59. The lowest BCUT2D eigenvalue weighted by molar-refractivity contribution is 0.478. The molecule has 0 radical (unpaired) electrons. The second-order valence-electron chi connectivity index (χ2n) is 5.84. The van der Waals surface area contributed by atoms with Crippen LogP contribution in [0.5, 0.6) is 11.5 Å². The van der Waals surface area contributed by atoms with Gasteiger partial charge in [0.15, 0.2) is 0 Å². The molecule has 0 aliphatic heterocycles. The Bertz CT molecular complexity index is 1050. The molecule has 2 N–H and O–H groups in total. The van der Waals surface area contributed by atoms with Crippen LogP contribution in [0.3, 0.4) is 0 Å². The van der Waals surface area contributed by atoms with E-state index in [0.29, 0.717) is 21.5 Å². The van der Waals surface area contributed by atoms with Crippen molar-refractivity contribution in [2.75, 3.05) is 0 Å². The quantitative estimate of drug-likeness (QED) is 0.356. The van der Waals surface area contributed by atoms with Crippen LogP contribution >= 0.6 is 11.8 Å². The zero-order valence-corrected chi connectivity index (χ0v) is 14.0. The lowest BCUT2D eigenvalue weighted by atomic mass is 10.0. The number of fused-ring (bicyclic) bond motifs is 2. The summed E-state index contributed by atoms with van der Waals surface area (Å²) in [6.45, 7) is 2.06. The number of aryl methyl sites for hydroxylation is 1. The first kappa shape index (κ1) is 14.9. The second kappa shape index (κ2) is 5.77. The van der Waals surface area contributed by atoms with Crippen molar-refractivity contribution in [1.29, 1.82) is 0 Å². The number of phenolic OH excluding ortho intramolecular Hbond substituents is 2. The Labute approximate surface area is 144 Å². The molecule has 0 bridgehead atoms. The molecule has 0 amide bonds. The van der Waals surface area contributed by atoms with Gasteiger partial charge in [0.25, 0.3) is 0 Å². The number of rotatable bonds is 2. The van der Waals surface area contributed by atoms with Crippen molar-refractivity contribution in [2.24, 2.45) is 0 Å². The zero-order valence-electron chi connectivity index (χ0n) is 13.2. The van der Waals surface area contributed by atoms with Crippen molar-refractivity contribution in [3.63, 3.8) is 0 Å². The van der Waals surface area contributed by atoms with E-state index in [1.165, 1.54) is 5.56 Å². The standard InChI is InChI=1S/C21H16O2S/c1-13-9-11-14(12-10-13)24-18-8-4-7-17-19(18)21(23)16-6-3-2-5-15(16)20(17)22/h2-12,22-23H,1H3. The zero-order chi connectivity index (χ0) is 16.7. The fourth-order valence-corrected chi connectivity index (χ4v) is 3.95. The molecule has 0 aliphatic rings. The predicted octanol–water partition coefficient (Wildman–Crippen LogP) is 5.86. The highest BCUT2D eigenvalue weighted by Gasteiger charge is 2.15. The van der Waals surface area contributed by atoms with Crippen LogP contribution in [0.2, 0.25) is 0 Å². The number of benzene rings is 4. The summed E-state index contributed by atoms with van der Waals surface area (Å²) in [6.07, 6.45) is 0. The van der Waals surface area contributed by atoms with E-state index in [1.54, 1.807) is 11.8 Å². The van der Waals surface area contributed by atoms with Crippen LogP contribution in [0.15, 0.2) is 76.5 Å². The van der Waals surface area contributed by atoms with Gasteiger partial charge in [0.2, 0.25) is 0 Å². The maximum absolute atomic E-state index is 10.8. The Morgan fingerprint density at radius 3 is 2.00 bits per heavy atom. The van der Waals surface area contributed by atoms with E-state index < -0.39 is 0 Å². The van der Waals surface area contributed by atoms with Crippen LogP contribution in [-0.4, -0.2) is 10.2 Å². The topological polar surface area (TPSA) is 40.5 Å². The molecule has 0 fully saturated rings. The lowest BCUT2D eigenvalue weighted by Gasteiger charge is -2.13. The summed E-state index contributed by atoms with van der Waals surface area (Å²) < 4.78 is 0. The van der Waals surface area contributed by atoms with Gasteiger partial charge < -0.3 is 10.2 Å². The maximum Gasteiger partial charge on any atom is 0.132 e. The number of hydrogen-bond donors (Lipinski definition) is 2. The molecule has 0 saturated heterocycles. The molecule has 0 unspecified atom stereocenters. The molecular weight excluding hydrogens is 316 g/mol. The molecule has 4 aromatic carbocycles. The molecule has 2 nitrogen and oxygen atoms in total. The van der Waals surface area contributed by atoms with Crippen LogP contribution in [0.4, 0.5) is 0 Å². The minimum Gasteiger partial charge on any atom is -0.507 e. The smallest absolute Gasteiger partial charge is 0.132 e. The first-order chi connectivity index (χ1) is 11.6. The van der Waals surface area contributed by atoms with E-state index in [-0.39, 0.29) is 11.5 Å². The molecule has 118 valence electrons. The van der Waals surface area contributed by atoms with Gasteiger partial charge in [0.05, 0.1) is 0 Å². The van der Waals surface area contributed by atoms with Gasteiger partial charge in [-0.15, -0.1) is 0 Å². The average molecular weight is 332 g/mol. The van der Waals surface area contributed by atoms with Crippen molar-refractivity contribution >= 4 is 33.3 Å². The van der Waals surface area contributed by atoms with Crippen molar-refractivity contribution in [1.82, 2.24) is 0 Å². The molecule has 0 aromatic heterocycles. The Morgan fingerprint density at radius 2 is 1.29 bits per heavy atom. The van der Waals surface area contributed by atoms with Gasteiger partial charge >= 0.3 is 0 Å². The van der Waals surface area contributed by atoms with Crippen LogP contribution in [0, 0.1) is 6.92 Å². The van der Waals surface area contributed by atoms with E-state index in [1.807, 2.05) is 42.5 Å². The number of aromatic hydroxyl groups is 2. The monoisotopic (exact) mass is 332 g/mol. The summed E-state index contributed by atoms with van der Waals surface area (Å²) in [5, 5.41) is 24.2. The van der Waals surface area contributed by atoms with Gasteiger partial charge in [0, 0.05) is 31.3 Å². The van der Waals surface area contributed by atoms with E-state index in [2.05, 4.69) is 31.2 Å². The Kier molecular flexibility index (Phi) is 3.58. The summed E-state index contributed by atoms with van der Waals surface area (Å²) in [7, 11) is 0. The van der Waals surface area contributed by atoms with Crippen molar-refractivity contribution < 1.29 is 10.2 Å². The summed E-state index contributed by atoms with van der Waals surface area (Å²) in [6, 6.07) is 21.4. The van der Waals surface area contributed by atoms with Gasteiger partial charge in [-0.2, -0.15) is 0 Å². The van der Waals surface area contributed by atoms with Crippen molar-refractivity contribution in [2.45, 2.75) is 16.7 Å². The van der Waals surface area contributed by atoms with E-state index >= 15 is 0 Å². The molecule has 0 saturated carbocycles. The van der Waals surface area contributed by atoms with Crippen LogP contribution < -0.4 is 0 Å². The van der Waals surface area contributed by atoms with Gasteiger partial charge in [-0.25, -0.2) is 0 Å². The van der Waals surface area contributed by atoms with Gasteiger partial charge in [0.1, 0.15) is 11.5 Å². The van der Waals surface area contributed by atoms with Crippen LogP contribution in [0.25, 0.3) is 21.5 Å². The normalized spacial score (nSPS) is 11.2. The van der Waals surface area contributed by atoms with Gasteiger partial charge in [-0.05, 0) is 25.1 Å². The first-order valence-electron chi connectivity index (χ1n) is 7.75. The molecule has 0 spiro atoms. The Balaban J connectivity index is 1.98. The SMILES string of the molecule is Cc1ccc(Sc2cccc3c(O)c4ccccc4c(O)c23)cc1. The summed E-state index contributed by atoms with van der Waals surface area (Å²) in [5.74, 6) is 0.429. The van der Waals surface area contributed by atoms with Crippen LogP contribution in [0.1, 0.15) is 5.56 Å². The predicted molar refractivity (Wildman–Crippen MR) is 100 cm³/mol. The Hall–Kier alpha value is -2.65. The van der Waals surface area contributed by atoms with E-state index in [0.717, 1.165) is 9.79 Å². The van der Waals surface area contributed by atoms with E-state index in [9.17, 15) is 10.2 Å². The molecule has 24 heavy (non-hydrogen) atoms. The third-order valence-electron chi connectivity index (χ3n) is 4.20. The summed E-state index contributed by atoms with van der Waals surface area (Å²) in [4.78, 5) is 2.02. The van der Waals surface area contributed by atoms with Crippen molar-refractivity contribution in [3.8, 4) is 11.5 Å². The van der Waals surface area contributed by atoms with E-state index in [4.69, 9.17) is 0 Å². The maximum atomic E-state index is 10.8. The first-order valence-corrected chi connectivity index (χ1v) is 8.56. The highest BCUT2D eigenvalue weighted by atomic mass is 32.2. The molecule has 0 aliphatic carbocycles. The van der Waals surface area contributed by atoms with Gasteiger partial charge in [-0.3, -0.25) is 0 Å². The Morgan fingerprint density at radius 1 is 0.667 bits per heavy atom. The minimum atomic E-state index is 0.213. The number of phenols is 2. The molecule has 0 atom stereocenters.